The van der Waals surface area contributed by atoms with Gasteiger partial charge in [0.15, 0.2) is 0 Å². The van der Waals surface area contributed by atoms with Crippen LogP contribution in [0.1, 0.15) is 22.9 Å². The smallest absolute Gasteiger partial charge is 0.279 e. The van der Waals surface area contributed by atoms with E-state index in [0.717, 1.165) is 21.6 Å². The zero-order valence-corrected chi connectivity index (χ0v) is 18.7. The van der Waals surface area contributed by atoms with Crippen molar-refractivity contribution < 1.29 is 21.2 Å². The quantitative estimate of drug-likeness (QED) is 0.582. The van der Waals surface area contributed by atoms with E-state index in [1.54, 1.807) is 24.3 Å². The second-order valence-corrected chi connectivity index (χ2v) is 11.5. The van der Waals surface area contributed by atoms with Gasteiger partial charge in [0.2, 0.25) is 10.0 Å². The SMILES string of the molecule is CS(=O)(=O)Nc1cccc(C2=NN(S(=O)(=O)c3cccc(F)c3)C(c3cccs3)C2)c1. The number of hydrogen-bond donors (Lipinski definition) is 1. The number of hydrazone groups is 1. The van der Waals surface area contributed by atoms with Gasteiger partial charge in [-0.15, -0.1) is 11.3 Å². The molecule has 0 fully saturated rings. The molecule has 0 bridgehead atoms. The van der Waals surface area contributed by atoms with Crippen LogP contribution in [0.5, 0.6) is 0 Å². The normalized spacial score (nSPS) is 16.9. The van der Waals surface area contributed by atoms with Crippen LogP contribution >= 0.6 is 11.3 Å². The van der Waals surface area contributed by atoms with Crippen molar-refractivity contribution in [2.45, 2.75) is 17.4 Å². The van der Waals surface area contributed by atoms with Crippen molar-refractivity contribution in [2.24, 2.45) is 5.10 Å². The van der Waals surface area contributed by atoms with Crippen molar-refractivity contribution in [1.29, 1.82) is 0 Å². The lowest BCUT2D eigenvalue weighted by Crippen LogP contribution is -2.27. The molecule has 0 saturated heterocycles. The fourth-order valence-electron chi connectivity index (χ4n) is 3.29. The summed E-state index contributed by atoms with van der Waals surface area (Å²) in [5.41, 5.74) is 1.42. The monoisotopic (exact) mass is 479 g/mol. The van der Waals surface area contributed by atoms with Gasteiger partial charge in [-0.2, -0.15) is 17.9 Å². The van der Waals surface area contributed by atoms with Gasteiger partial charge in [-0.1, -0.05) is 24.3 Å². The molecule has 1 aliphatic rings. The van der Waals surface area contributed by atoms with Gasteiger partial charge in [0.25, 0.3) is 10.0 Å². The fraction of sp³-hybridized carbons (Fsp3) is 0.150. The molecule has 1 aliphatic heterocycles. The minimum Gasteiger partial charge on any atom is -0.284 e. The number of anilines is 1. The van der Waals surface area contributed by atoms with Crippen LogP contribution in [0.3, 0.4) is 0 Å². The van der Waals surface area contributed by atoms with Crippen LogP contribution in [0.2, 0.25) is 0 Å². The Kier molecular flexibility index (Phi) is 5.58. The number of rotatable bonds is 6. The second-order valence-electron chi connectivity index (χ2n) is 6.97. The maximum Gasteiger partial charge on any atom is 0.279 e. The van der Waals surface area contributed by atoms with E-state index in [0.29, 0.717) is 17.0 Å². The highest BCUT2D eigenvalue weighted by molar-refractivity contribution is 7.92. The van der Waals surface area contributed by atoms with E-state index in [1.165, 1.54) is 29.5 Å². The summed E-state index contributed by atoms with van der Waals surface area (Å²) >= 11 is 1.40. The Labute approximate surface area is 184 Å². The molecule has 31 heavy (non-hydrogen) atoms. The molecule has 4 rings (SSSR count). The molecule has 0 spiro atoms. The van der Waals surface area contributed by atoms with E-state index in [9.17, 15) is 21.2 Å². The number of thiophene rings is 1. The molecule has 3 aromatic rings. The average Bonchev–Trinajstić information content (AvgIpc) is 3.37. The molecule has 1 unspecified atom stereocenters. The summed E-state index contributed by atoms with van der Waals surface area (Å²) in [5.74, 6) is -0.656. The van der Waals surface area contributed by atoms with Crippen LogP contribution in [-0.2, 0) is 20.0 Å². The molecule has 0 radical (unpaired) electrons. The van der Waals surface area contributed by atoms with E-state index in [1.807, 2.05) is 17.5 Å². The fourth-order valence-corrected chi connectivity index (χ4v) is 6.18. The summed E-state index contributed by atoms with van der Waals surface area (Å²) in [7, 11) is -7.58. The van der Waals surface area contributed by atoms with Crippen LogP contribution in [0.4, 0.5) is 10.1 Å². The minimum absolute atomic E-state index is 0.188. The highest BCUT2D eigenvalue weighted by atomic mass is 32.2. The van der Waals surface area contributed by atoms with Crippen molar-refractivity contribution in [3.63, 3.8) is 0 Å². The molecular formula is C20H18FN3O4S3. The first-order valence-electron chi connectivity index (χ1n) is 9.12. The molecule has 11 heteroatoms. The number of nitrogens with one attached hydrogen (secondary N) is 1. The van der Waals surface area contributed by atoms with Gasteiger partial charge in [0, 0.05) is 17.0 Å². The Morgan fingerprint density at radius 2 is 1.84 bits per heavy atom. The van der Waals surface area contributed by atoms with Gasteiger partial charge in [-0.05, 0) is 47.3 Å². The third-order valence-electron chi connectivity index (χ3n) is 4.58. The van der Waals surface area contributed by atoms with Gasteiger partial charge in [-0.3, -0.25) is 4.72 Å². The van der Waals surface area contributed by atoms with Crippen LogP contribution in [0.25, 0.3) is 0 Å². The molecule has 0 aliphatic carbocycles. The molecule has 7 nitrogen and oxygen atoms in total. The van der Waals surface area contributed by atoms with Crippen LogP contribution in [0, 0.1) is 5.82 Å². The molecule has 1 aromatic heterocycles. The van der Waals surface area contributed by atoms with E-state index < -0.39 is 31.9 Å². The Morgan fingerprint density at radius 3 is 2.52 bits per heavy atom. The molecule has 162 valence electrons. The van der Waals surface area contributed by atoms with Crippen molar-refractivity contribution >= 4 is 42.8 Å². The third-order valence-corrected chi connectivity index (χ3v) is 7.84. The molecule has 1 N–H and O–H groups in total. The Hall–Kier alpha value is -2.76. The lowest BCUT2D eigenvalue weighted by molar-refractivity contribution is 0.375. The maximum atomic E-state index is 13.7. The second kappa shape index (κ2) is 8.06. The molecular weight excluding hydrogens is 461 g/mol. The summed E-state index contributed by atoms with van der Waals surface area (Å²) in [6.45, 7) is 0. The lowest BCUT2D eigenvalue weighted by atomic mass is 10.0. The average molecular weight is 480 g/mol. The van der Waals surface area contributed by atoms with Gasteiger partial charge < -0.3 is 0 Å². The summed E-state index contributed by atoms with van der Waals surface area (Å²) < 4.78 is 66.8. The first-order valence-corrected chi connectivity index (χ1v) is 13.3. The molecule has 0 saturated carbocycles. The van der Waals surface area contributed by atoms with Crippen LogP contribution in [0.15, 0.2) is 76.0 Å². The number of hydrogen-bond acceptors (Lipinski definition) is 6. The van der Waals surface area contributed by atoms with Gasteiger partial charge >= 0.3 is 0 Å². The molecule has 2 aromatic carbocycles. The third kappa shape index (κ3) is 4.63. The molecule has 2 heterocycles. The number of benzene rings is 2. The van der Waals surface area contributed by atoms with Crippen molar-refractivity contribution in [1.82, 2.24) is 4.41 Å². The number of sulfonamides is 2. The Bertz CT molecular complexity index is 1350. The van der Waals surface area contributed by atoms with Crippen LogP contribution < -0.4 is 4.72 Å². The Morgan fingerprint density at radius 1 is 1.06 bits per heavy atom. The summed E-state index contributed by atoms with van der Waals surface area (Å²) in [6.07, 6.45) is 1.34. The largest absolute Gasteiger partial charge is 0.284 e. The van der Waals surface area contributed by atoms with Gasteiger partial charge in [-0.25, -0.2) is 12.8 Å². The minimum atomic E-state index is -4.12. The first-order chi connectivity index (χ1) is 14.6. The van der Waals surface area contributed by atoms with E-state index >= 15 is 0 Å². The predicted octanol–water partition coefficient (Wildman–Crippen LogP) is 3.80. The Balaban J connectivity index is 1.77. The van der Waals surface area contributed by atoms with Gasteiger partial charge in [0.05, 0.1) is 16.9 Å². The molecule has 0 amide bonds. The molecule has 1 atom stereocenters. The summed E-state index contributed by atoms with van der Waals surface area (Å²) in [6, 6.07) is 14.4. The van der Waals surface area contributed by atoms with E-state index in [4.69, 9.17) is 0 Å². The standard InChI is InChI=1S/C20H18FN3O4S3/c1-30(25,26)23-16-7-2-5-14(11-16)18-13-19(20-9-4-10-29-20)24(22-18)31(27,28)17-8-3-6-15(21)12-17/h2-12,19,23H,13H2,1H3. The van der Waals surface area contributed by atoms with Crippen LogP contribution in [-0.4, -0.2) is 33.2 Å². The summed E-state index contributed by atoms with van der Waals surface area (Å²) in [4.78, 5) is 0.607. The maximum absolute atomic E-state index is 13.7. The first kappa shape index (κ1) is 21.5. The van der Waals surface area contributed by atoms with E-state index in [-0.39, 0.29) is 11.3 Å². The highest BCUT2D eigenvalue weighted by Crippen LogP contribution is 2.39. The van der Waals surface area contributed by atoms with E-state index in [2.05, 4.69) is 9.82 Å². The van der Waals surface area contributed by atoms with Crippen molar-refractivity contribution in [3.05, 3.63) is 82.3 Å². The topological polar surface area (TPSA) is 95.9 Å². The number of halogens is 1. The zero-order valence-electron chi connectivity index (χ0n) is 16.3. The lowest BCUT2D eigenvalue weighted by Gasteiger charge is -2.22. The highest BCUT2D eigenvalue weighted by Gasteiger charge is 2.38. The predicted molar refractivity (Wildman–Crippen MR) is 119 cm³/mol. The van der Waals surface area contributed by atoms with Crippen molar-refractivity contribution in [2.75, 3.05) is 11.0 Å². The van der Waals surface area contributed by atoms with Gasteiger partial charge in [0.1, 0.15) is 11.9 Å². The zero-order chi connectivity index (χ0) is 22.2. The number of nitrogens with zero attached hydrogens (tertiary/aromatic N) is 2. The summed E-state index contributed by atoms with van der Waals surface area (Å²) in [5, 5.41) is 6.22. The van der Waals surface area contributed by atoms with Crippen molar-refractivity contribution in [3.8, 4) is 0 Å².